The van der Waals surface area contributed by atoms with Gasteiger partial charge in [0.15, 0.2) is 11.6 Å². The normalized spacial score (nSPS) is 9.75. The number of rotatable bonds is 2. The molecule has 0 aliphatic rings. The maximum Gasteiger partial charge on any atom is 0.174 e. The number of nitrogens with zero attached hydrogens (tertiary/aromatic N) is 8. The zero-order valence-corrected chi connectivity index (χ0v) is 9.99. The highest BCUT2D eigenvalue weighted by Gasteiger charge is 1.94. The Morgan fingerprint density at radius 1 is 1.00 bits per heavy atom. The smallest absolute Gasteiger partial charge is 0.174 e. The van der Waals surface area contributed by atoms with Crippen LogP contribution in [0.2, 0.25) is 0 Å². The summed E-state index contributed by atoms with van der Waals surface area (Å²) in [4.78, 5) is 1.46. The van der Waals surface area contributed by atoms with E-state index >= 15 is 0 Å². The van der Waals surface area contributed by atoms with Gasteiger partial charge in [-0.15, -0.1) is 15.3 Å². The van der Waals surface area contributed by atoms with Crippen molar-refractivity contribution in [2.24, 2.45) is 14.1 Å². The summed E-state index contributed by atoms with van der Waals surface area (Å²) >= 11 is 0. The molecule has 0 atom stereocenters. The molecule has 0 bridgehead atoms. The van der Waals surface area contributed by atoms with Crippen LogP contribution >= 0.6 is 0 Å². The van der Waals surface area contributed by atoms with Crippen molar-refractivity contribution in [1.29, 1.82) is 0 Å². The summed E-state index contributed by atoms with van der Waals surface area (Å²) in [6.45, 7) is 4.02. The molecule has 0 aliphatic carbocycles. The lowest BCUT2D eigenvalue weighted by Gasteiger charge is -1.87. The largest absolute Gasteiger partial charge is 0.233 e. The number of aromatic nitrogens is 8. The summed E-state index contributed by atoms with van der Waals surface area (Å²) in [5.74, 6) is 1.72. The molecule has 8 heteroatoms. The molecule has 0 saturated heterocycles. The lowest BCUT2D eigenvalue weighted by Crippen LogP contribution is -1.96. The van der Waals surface area contributed by atoms with Crippen LogP contribution in [0.1, 0.15) is 25.5 Å². The van der Waals surface area contributed by atoms with Crippen molar-refractivity contribution < 1.29 is 0 Å². The summed E-state index contributed by atoms with van der Waals surface area (Å²) in [5, 5.41) is 22.1. The Morgan fingerprint density at radius 2 is 1.75 bits per heavy atom. The molecule has 2 rings (SSSR count). The Kier molecular flexibility index (Phi) is 4.49. The van der Waals surface area contributed by atoms with Gasteiger partial charge in [0.05, 0.1) is 7.05 Å². The predicted octanol–water partition coefficient (Wildman–Crippen LogP) is -0.455. The molecule has 0 N–H and O–H groups in total. The summed E-state index contributed by atoms with van der Waals surface area (Å²) in [6, 6.07) is 0. The second-order valence-corrected chi connectivity index (χ2v) is 3.12. The summed E-state index contributed by atoms with van der Waals surface area (Å²) in [6.07, 6.45) is 1.75. The van der Waals surface area contributed by atoms with E-state index in [0.717, 1.165) is 24.5 Å². The predicted molar refractivity (Wildman–Crippen MR) is 56.4 cm³/mol. The number of aryl methyl sites for hydroxylation is 4. The van der Waals surface area contributed by atoms with Crippen molar-refractivity contribution in [2.45, 2.75) is 26.7 Å². The van der Waals surface area contributed by atoms with E-state index < -0.39 is 0 Å². The first kappa shape index (κ1) is 12.2. The van der Waals surface area contributed by atoms with Crippen LogP contribution in [0.3, 0.4) is 0 Å². The van der Waals surface area contributed by atoms with Gasteiger partial charge in [-0.25, -0.2) is 4.68 Å². The molecule has 2 aromatic rings. The molecule has 88 valence electrons. The van der Waals surface area contributed by atoms with Crippen molar-refractivity contribution in [3.05, 3.63) is 11.6 Å². The molecule has 0 fully saturated rings. The van der Waals surface area contributed by atoms with E-state index in [1.807, 2.05) is 20.9 Å². The highest BCUT2D eigenvalue weighted by Crippen LogP contribution is 1.86. The lowest BCUT2D eigenvalue weighted by molar-refractivity contribution is 0.628. The van der Waals surface area contributed by atoms with Gasteiger partial charge >= 0.3 is 0 Å². The molecule has 0 spiro atoms. The molecule has 2 aromatic heterocycles. The van der Waals surface area contributed by atoms with Crippen LogP contribution in [-0.2, 0) is 26.9 Å². The molecular formula is C8H16N8. The van der Waals surface area contributed by atoms with Crippen molar-refractivity contribution in [3.8, 4) is 0 Å². The van der Waals surface area contributed by atoms with E-state index in [9.17, 15) is 0 Å². The zero-order chi connectivity index (χ0) is 12.0. The van der Waals surface area contributed by atoms with Gasteiger partial charge < -0.3 is 0 Å². The third-order valence-electron chi connectivity index (χ3n) is 1.89. The van der Waals surface area contributed by atoms with Gasteiger partial charge in [-0.2, -0.15) is 4.80 Å². The Hall–Kier alpha value is -1.86. The second-order valence-electron chi connectivity index (χ2n) is 3.12. The minimum atomic E-state index is 0.799. The first-order valence-electron chi connectivity index (χ1n) is 5.11. The van der Waals surface area contributed by atoms with E-state index in [1.54, 1.807) is 11.7 Å². The van der Waals surface area contributed by atoms with Crippen LogP contribution in [0.4, 0.5) is 0 Å². The van der Waals surface area contributed by atoms with Crippen LogP contribution in [0, 0.1) is 0 Å². The lowest BCUT2D eigenvalue weighted by atomic mass is 10.5. The van der Waals surface area contributed by atoms with E-state index in [2.05, 4.69) is 30.9 Å². The first-order valence-corrected chi connectivity index (χ1v) is 5.11. The van der Waals surface area contributed by atoms with Crippen molar-refractivity contribution in [3.63, 3.8) is 0 Å². The number of tetrazole rings is 2. The van der Waals surface area contributed by atoms with Crippen molar-refractivity contribution >= 4 is 0 Å². The molecule has 2 heterocycles. The van der Waals surface area contributed by atoms with E-state index in [-0.39, 0.29) is 0 Å². The van der Waals surface area contributed by atoms with Crippen LogP contribution in [0.25, 0.3) is 0 Å². The number of hydrogen-bond donors (Lipinski definition) is 0. The monoisotopic (exact) mass is 224 g/mol. The quantitative estimate of drug-likeness (QED) is 0.686. The van der Waals surface area contributed by atoms with Gasteiger partial charge in [-0.05, 0) is 15.6 Å². The highest BCUT2D eigenvalue weighted by atomic mass is 15.6. The Balaban J connectivity index is 0.000000160. The molecule has 0 saturated carbocycles. The average molecular weight is 224 g/mol. The fourth-order valence-corrected chi connectivity index (χ4v) is 1.01. The molecule has 0 unspecified atom stereocenters. The van der Waals surface area contributed by atoms with Crippen molar-refractivity contribution in [1.82, 2.24) is 40.4 Å². The van der Waals surface area contributed by atoms with Crippen LogP contribution in [-0.4, -0.2) is 40.4 Å². The van der Waals surface area contributed by atoms with Crippen molar-refractivity contribution in [2.75, 3.05) is 0 Å². The summed E-state index contributed by atoms with van der Waals surface area (Å²) in [7, 11) is 3.59. The van der Waals surface area contributed by atoms with E-state index in [0.29, 0.717) is 0 Å². The van der Waals surface area contributed by atoms with Gasteiger partial charge in [0, 0.05) is 19.9 Å². The molecule has 0 aromatic carbocycles. The fourth-order valence-electron chi connectivity index (χ4n) is 1.01. The third-order valence-corrected chi connectivity index (χ3v) is 1.89. The fraction of sp³-hybridized carbons (Fsp3) is 0.750. The van der Waals surface area contributed by atoms with Gasteiger partial charge in [0.25, 0.3) is 0 Å². The SMILES string of the molecule is CCc1nnn(C)n1.CCc1nnnn1C. The molecule has 16 heavy (non-hydrogen) atoms. The maximum absolute atomic E-state index is 3.92. The molecule has 8 nitrogen and oxygen atoms in total. The first-order chi connectivity index (χ1) is 7.67. The van der Waals surface area contributed by atoms with Crippen LogP contribution < -0.4 is 0 Å². The topological polar surface area (TPSA) is 87.2 Å². The number of hydrogen-bond acceptors (Lipinski definition) is 6. The van der Waals surface area contributed by atoms with E-state index in [1.165, 1.54) is 4.80 Å². The Bertz CT molecular complexity index is 417. The maximum atomic E-state index is 3.92. The second kappa shape index (κ2) is 5.89. The van der Waals surface area contributed by atoms with Gasteiger partial charge in [0.2, 0.25) is 0 Å². The van der Waals surface area contributed by atoms with Crippen LogP contribution in [0.15, 0.2) is 0 Å². The molecule has 0 radical (unpaired) electrons. The Labute approximate surface area is 93.7 Å². The highest BCUT2D eigenvalue weighted by molar-refractivity contribution is 4.75. The summed E-state index contributed by atoms with van der Waals surface area (Å²) < 4.78 is 1.67. The van der Waals surface area contributed by atoms with Gasteiger partial charge in [-0.1, -0.05) is 13.8 Å². The standard InChI is InChI=1S/2C4H8N4/c1-3-4-5-6-7-8(4)2;1-3-4-5-7-8(2)6-4/h2*3H2,1-2H3. The van der Waals surface area contributed by atoms with Gasteiger partial charge in [-0.3, -0.25) is 0 Å². The third kappa shape index (κ3) is 3.37. The molecule has 0 amide bonds. The summed E-state index contributed by atoms with van der Waals surface area (Å²) in [5.41, 5.74) is 0. The molecular weight excluding hydrogens is 208 g/mol. The van der Waals surface area contributed by atoms with E-state index in [4.69, 9.17) is 0 Å². The Morgan fingerprint density at radius 3 is 2.00 bits per heavy atom. The van der Waals surface area contributed by atoms with Gasteiger partial charge in [0.1, 0.15) is 0 Å². The zero-order valence-electron chi connectivity index (χ0n) is 9.99. The minimum Gasteiger partial charge on any atom is -0.233 e. The van der Waals surface area contributed by atoms with Crippen LogP contribution in [0.5, 0.6) is 0 Å². The molecule has 0 aliphatic heterocycles. The average Bonchev–Trinajstić information content (AvgIpc) is 2.87. The minimum absolute atomic E-state index is 0.799.